The number of hydrogen-bond donors (Lipinski definition) is 2. The summed E-state index contributed by atoms with van der Waals surface area (Å²) in [5, 5.41) is 10.2. The molecule has 0 amide bonds. The lowest BCUT2D eigenvalue weighted by molar-refractivity contribution is 0.128. The fourth-order valence-corrected chi connectivity index (χ4v) is 2.07. The SMILES string of the molecule is CCOc1ccc([C@H](N)[C@H](O)CCC(C)C)cc1OC. The zero-order valence-corrected chi connectivity index (χ0v) is 12.9. The largest absolute Gasteiger partial charge is 0.493 e. The second-order valence-electron chi connectivity index (χ2n) is 5.41. The number of ether oxygens (including phenoxy) is 2. The molecular formula is C16H27NO3. The van der Waals surface area contributed by atoms with Gasteiger partial charge in [0, 0.05) is 0 Å². The maximum atomic E-state index is 10.2. The minimum absolute atomic E-state index is 0.404. The van der Waals surface area contributed by atoms with Crippen molar-refractivity contribution in [3.63, 3.8) is 0 Å². The van der Waals surface area contributed by atoms with Crippen LogP contribution in [0, 0.1) is 5.92 Å². The molecule has 0 fully saturated rings. The van der Waals surface area contributed by atoms with E-state index in [2.05, 4.69) is 13.8 Å². The fourth-order valence-electron chi connectivity index (χ4n) is 2.07. The number of nitrogens with two attached hydrogens (primary N) is 1. The minimum Gasteiger partial charge on any atom is -0.493 e. The van der Waals surface area contributed by atoms with E-state index in [9.17, 15) is 5.11 Å². The van der Waals surface area contributed by atoms with Crippen LogP contribution in [0.1, 0.15) is 45.2 Å². The van der Waals surface area contributed by atoms with Gasteiger partial charge in [0.1, 0.15) is 0 Å². The van der Waals surface area contributed by atoms with Crippen molar-refractivity contribution >= 4 is 0 Å². The van der Waals surface area contributed by atoms with Crippen LogP contribution in [0.4, 0.5) is 0 Å². The smallest absolute Gasteiger partial charge is 0.161 e. The average molecular weight is 281 g/mol. The summed E-state index contributed by atoms with van der Waals surface area (Å²) < 4.78 is 10.8. The van der Waals surface area contributed by atoms with Gasteiger partial charge in [0.15, 0.2) is 11.5 Å². The van der Waals surface area contributed by atoms with E-state index in [-0.39, 0.29) is 0 Å². The van der Waals surface area contributed by atoms with Gasteiger partial charge in [-0.1, -0.05) is 19.9 Å². The number of aliphatic hydroxyl groups excluding tert-OH is 1. The Balaban J connectivity index is 2.79. The normalized spacial score (nSPS) is 14.2. The maximum absolute atomic E-state index is 10.2. The molecule has 0 spiro atoms. The summed E-state index contributed by atoms with van der Waals surface area (Å²) in [5.41, 5.74) is 6.99. The zero-order valence-electron chi connectivity index (χ0n) is 12.9. The molecule has 0 radical (unpaired) electrons. The Hall–Kier alpha value is -1.26. The third-order valence-corrected chi connectivity index (χ3v) is 3.33. The Morgan fingerprint density at radius 2 is 1.90 bits per heavy atom. The van der Waals surface area contributed by atoms with Gasteiger partial charge in [-0.05, 0) is 43.4 Å². The van der Waals surface area contributed by atoms with Crippen molar-refractivity contribution in [1.82, 2.24) is 0 Å². The molecule has 0 bridgehead atoms. The van der Waals surface area contributed by atoms with Crippen molar-refractivity contribution in [3.8, 4) is 11.5 Å². The number of methoxy groups -OCH3 is 1. The number of benzene rings is 1. The van der Waals surface area contributed by atoms with E-state index in [1.807, 2.05) is 25.1 Å². The van der Waals surface area contributed by atoms with Gasteiger partial charge >= 0.3 is 0 Å². The Morgan fingerprint density at radius 3 is 2.45 bits per heavy atom. The summed E-state index contributed by atoms with van der Waals surface area (Å²) in [6.07, 6.45) is 1.12. The second kappa shape index (κ2) is 8.12. The topological polar surface area (TPSA) is 64.7 Å². The average Bonchev–Trinajstić information content (AvgIpc) is 2.44. The number of aliphatic hydroxyl groups is 1. The van der Waals surface area contributed by atoms with Gasteiger partial charge in [-0.3, -0.25) is 0 Å². The van der Waals surface area contributed by atoms with Crippen LogP contribution >= 0.6 is 0 Å². The highest BCUT2D eigenvalue weighted by molar-refractivity contribution is 5.44. The Morgan fingerprint density at radius 1 is 1.20 bits per heavy atom. The molecule has 0 saturated heterocycles. The van der Waals surface area contributed by atoms with Gasteiger partial charge in [0.2, 0.25) is 0 Å². The molecule has 0 saturated carbocycles. The molecule has 0 aromatic heterocycles. The lowest BCUT2D eigenvalue weighted by Crippen LogP contribution is -2.26. The van der Waals surface area contributed by atoms with Crippen molar-refractivity contribution in [3.05, 3.63) is 23.8 Å². The first-order chi connectivity index (χ1) is 9.49. The molecule has 20 heavy (non-hydrogen) atoms. The van der Waals surface area contributed by atoms with Crippen LogP contribution in [0.15, 0.2) is 18.2 Å². The summed E-state index contributed by atoms with van der Waals surface area (Å²) in [7, 11) is 1.60. The first-order valence-corrected chi connectivity index (χ1v) is 7.24. The monoisotopic (exact) mass is 281 g/mol. The van der Waals surface area contributed by atoms with Gasteiger partial charge in [-0.15, -0.1) is 0 Å². The molecule has 0 heterocycles. The quantitative estimate of drug-likeness (QED) is 0.769. The Bertz CT molecular complexity index is 407. The molecule has 0 aliphatic rings. The van der Waals surface area contributed by atoms with Gasteiger partial charge in [0.25, 0.3) is 0 Å². The van der Waals surface area contributed by atoms with E-state index in [1.54, 1.807) is 7.11 Å². The van der Waals surface area contributed by atoms with Crippen LogP contribution < -0.4 is 15.2 Å². The molecule has 4 heteroatoms. The van der Waals surface area contributed by atoms with Crippen LogP contribution in [-0.4, -0.2) is 24.9 Å². The molecule has 114 valence electrons. The van der Waals surface area contributed by atoms with Crippen LogP contribution in [0.3, 0.4) is 0 Å². The second-order valence-corrected chi connectivity index (χ2v) is 5.41. The van der Waals surface area contributed by atoms with Crippen molar-refractivity contribution < 1.29 is 14.6 Å². The predicted octanol–water partition coefficient (Wildman–Crippen LogP) is 2.89. The van der Waals surface area contributed by atoms with E-state index >= 15 is 0 Å². The van der Waals surface area contributed by atoms with Crippen molar-refractivity contribution in [2.24, 2.45) is 11.7 Å². The molecule has 4 nitrogen and oxygen atoms in total. The molecular weight excluding hydrogens is 254 g/mol. The van der Waals surface area contributed by atoms with E-state index in [1.165, 1.54) is 0 Å². The van der Waals surface area contributed by atoms with Crippen molar-refractivity contribution in [1.29, 1.82) is 0 Å². The maximum Gasteiger partial charge on any atom is 0.161 e. The summed E-state index contributed by atoms with van der Waals surface area (Å²) >= 11 is 0. The van der Waals surface area contributed by atoms with Crippen LogP contribution in [0.25, 0.3) is 0 Å². The molecule has 0 unspecified atom stereocenters. The van der Waals surface area contributed by atoms with Crippen LogP contribution in [0.2, 0.25) is 0 Å². The zero-order chi connectivity index (χ0) is 15.1. The predicted molar refractivity (Wildman–Crippen MR) is 81.2 cm³/mol. The highest BCUT2D eigenvalue weighted by Gasteiger charge is 2.18. The van der Waals surface area contributed by atoms with Gasteiger partial charge in [-0.25, -0.2) is 0 Å². The molecule has 1 aromatic carbocycles. The van der Waals surface area contributed by atoms with Crippen LogP contribution in [0.5, 0.6) is 11.5 Å². The first kappa shape index (κ1) is 16.8. The third-order valence-electron chi connectivity index (χ3n) is 3.33. The fraction of sp³-hybridized carbons (Fsp3) is 0.625. The lowest BCUT2D eigenvalue weighted by atomic mass is 9.96. The van der Waals surface area contributed by atoms with E-state index in [0.29, 0.717) is 30.4 Å². The summed E-state index contributed by atoms with van der Waals surface area (Å²) in [4.78, 5) is 0. The molecule has 1 aromatic rings. The van der Waals surface area contributed by atoms with E-state index in [0.717, 1.165) is 12.0 Å². The van der Waals surface area contributed by atoms with Crippen molar-refractivity contribution in [2.75, 3.05) is 13.7 Å². The van der Waals surface area contributed by atoms with Gasteiger partial charge in [-0.2, -0.15) is 0 Å². The van der Waals surface area contributed by atoms with Crippen LogP contribution in [-0.2, 0) is 0 Å². The summed E-state index contributed by atoms with van der Waals surface area (Å²) in [6.45, 7) is 6.78. The Kier molecular flexibility index (Phi) is 6.82. The lowest BCUT2D eigenvalue weighted by Gasteiger charge is -2.21. The third kappa shape index (κ3) is 4.69. The minimum atomic E-state index is -0.542. The highest BCUT2D eigenvalue weighted by Crippen LogP contribution is 2.31. The number of hydrogen-bond acceptors (Lipinski definition) is 4. The van der Waals surface area contributed by atoms with E-state index < -0.39 is 12.1 Å². The van der Waals surface area contributed by atoms with Crippen molar-refractivity contribution in [2.45, 2.75) is 45.8 Å². The molecule has 3 N–H and O–H groups in total. The molecule has 0 aliphatic carbocycles. The summed E-state index contributed by atoms with van der Waals surface area (Å²) in [6, 6.07) is 5.16. The standard InChI is InChI=1S/C16H27NO3/c1-5-20-14-9-7-12(10-15(14)19-4)16(17)13(18)8-6-11(2)3/h7,9-11,13,16,18H,5-6,8,17H2,1-4H3/t13-,16+/m1/s1. The molecule has 1 rings (SSSR count). The molecule has 0 aliphatic heterocycles. The highest BCUT2D eigenvalue weighted by atomic mass is 16.5. The van der Waals surface area contributed by atoms with Gasteiger partial charge < -0.3 is 20.3 Å². The summed E-state index contributed by atoms with van der Waals surface area (Å²) in [5.74, 6) is 1.91. The Labute approximate surface area is 121 Å². The van der Waals surface area contributed by atoms with Gasteiger partial charge in [0.05, 0.1) is 25.9 Å². The number of rotatable bonds is 8. The van der Waals surface area contributed by atoms with E-state index in [4.69, 9.17) is 15.2 Å². The molecule has 2 atom stereocenters. The first-order valence-electron chi connectivity index (χ1n) is 7.24.